The molecule has 2 atom stereocenters. The summed E-state index contributed by atoms with van der Waals surface area (Å²) in [6.07, 6.45) is 0.278. The molecule has 0 radical (unpaired) electrons. The molecule has 0 rings (SSSR count). The molecule has 0 aliphatic carbocycles. The molecule has 0 fully saturated rings. The molecule has 0 bridgehead atoms. The number of nitrogens with two attached hydrogens (primary N) is 1. The molecule has 0 aromatic rings. The number of aliphatic hydroxyl groups excluding tert-OH is 1. The number of unbranched alkanes of at least 4 members (excludes halogenated alkanes) is 1. The number of primary amides is 1. The summed E-state index contributed by atoms with van der Waals surface area (Å²) in [7, 11) is 0. The zero-order valence-electron chi connectivity index (χ0n) is 10.8. The predicted molar refractivity (Wildman–Crippen MR) is 66.1 cm³/mol. The first kappa shape index (κ1) is 16.4. The van der Waals surface area contributed by atoms with Gasteiger partial charge in [-0.15, -0.1) is 0 Å². The lowest BCUT2D eigenvalue weighted by atomic mass is 10.0. The maximum absolute atomic E-state index is 11.6. The Kier molecular flexibility index (Phi) is 7.72. The van der Waals surface area contributed by atoms with E-state index in [0.717, 1.165) is 0 Å². The first-order valence-corrected chi connectivity index (χ1v) is 6.03. The molecule has 0 saturated heterocycles. The van der Waals surface area contributed by atoms with Gasteiger partial charge in [-0.1, -0.05) is 13.8 Å². The summed E-state index contributed by atoms with van der Waals surface area (Å²) in [5, 5.41) is 20.4. The highest BCUT2D eigenvalue weighted by Gasteiger charge is 2.22. The standard InChI is InChI=1S/C12H21N3O3/c1-8(2)7-10(16)12(18)15-9(11(14)17)5-3-4-6-13/h8-10,16H,3-5,7H2,1-2H3,(H2,14,17)(H,15,18)/t9-,10-/m0/s1. The molecule has 0 aliphatic heterocycles. The Morgan fingerprint density at radius 2 is 2.06 bits per heavy atom. The molecule has 6 heteroatoms. The van der Waals surface area contributed by atoms with E-state index in [1.165, 1.54) is 0 Å². The molecule has 6 nitrogen and oxygen atoms in total. The molecule has 0 saturated carbocycles. The van der Waals surface area contributed by atoms with E-state index < -0.39 is 24.0 Å². The van der Waals surface area contributed by atoms with Crippen LogP contribution in [0.2, 0.25) is 0 Å². The molecule has 18 heavy (non-hydrogen) atoms. The van der Waals surface area contributed by atoms with Crippen molar-refractivity contribution in [2.75, 3.05) is 0 Å². The third-order valence-corrected chi connectivity index (χ3v) is 2.44. The van der Waals surface area contributed by atoms with Gasteiger partial charge in [0.25, 0.3) is 0 Å². The minimum Gasteiger partial charge on any atom is -0.383 e. The van der Waals surface area contributed by atoms with Gasteiger partial charge in [-0.05, 0) is 25.2 Å². The van der Waals surface area contributed by atoms with Crippen LogP contribution in [-0.4, -0.2) is 29.1 Å². The Balaban J connectivity index is 4.27. The van der Waals surface area contributed by atoms with Crippen molar-refractivity contribution in [3.05, 3.63) is 0 Å². The molecule has 0 heterocycles. The van der Waals surface area contributed by atoms with Gasteiger partial charge >= 0.3 is 0 Å². The van der Waals surface area contributed by atoms with E-state index in [0.29, 0.717) is 25.7 Å². The lowest BCUT2D eigenvalue weighted by molar-refractivity contribution is -0.133. The highest BCUT2D eigenvalue weighted by molar-refractivity contribution is 5.88. The SMILES string of the molecule is CC(C)C[C@H](O)C(=O)N[C@@H](CCCC#N)C(N)=O. The minimum absolute atomic E-state index is 0.177. The van der Waals surface area contributed by atoms with Gasteiger partial charge in [-0.25, -0.2) is 0 Å². The summed E-state index contributed by atoms with van der Waals surface area (Å²) in [6.45, 7) is 3.77. The normalized spacial score (nSPS) is 13.7. The molecule has 102 valence electrons. The number of aliphatic hydroxyl groups is 1. The lowest BCUT2D eigenvalue weighted by Gasteiger charge is -2.18. The molecular weight excluding hydrogens is 234 g/mol. The van der Waals surface area contributed by atoms with Crippen LogP contribution in [0.1, 0.15) is 39.5 Å². The number of hydrogen-bond acceptors (Lipinski definition) is 4. The molecule has 2 amide bonds. The van der Waals surface area contributed by atoms with E-state index >= 15 is 0 Å². The minimum atomic E-state index is -1.14. The highest BCUT2D eigenvalue weighted by atomic mass is 16.3. The fourth-order valence-corrected chi connectivity index (χ4v) is 1.49. The van der Waals surface area contributed by atoms with E-state index in [9.17, 15) is 14.7 Å². The summed E-state index contributed by atoms with van der Waals surface area (Å²) < 4.78 is 0. The van der Waals surface area contributed by atoms with Crippen LogP contribution in [-0.2, 0) is 9.59 Å². The fourth-order valence-electron chi connectivity index (χ4n) is 1.49. The topological polar surface area (TPSA) is 116 Å². The number of amides is 2. The van der Waals surface area contributed by atoms with Crippen molar-refractivity contribution in [2.24, 2.45) is 11.7 Å². The van der Waals surface area contributed by atoms with E-state index in [2.05, 4.69) is 5.32 Å². The van der Waals surface area contributed by atoms with Crippen LogP contribution in [0.3, 0.4) is 0 Å². The van der Waals surface area contributed by atoms with Crippen molar-refractivity contribution in [3.63, 3.8) is 0 Å². The quantitative estimate of drug-likeness (QED) is 0.531. The monoisotopic (exact) mass is 255 g/mol. The van der Waals surface area contributed by atoms with Gasteiger partial charge in [0.2, 0.25) is 11.8 Å². The predicted octanol–water partition coefficient (Wildman–Crippen LogP) is 0.0574. The van der Waals surface area contributed by atoms with Crippen LogP contribution in [0.15, 0.2) is 0 Å². The Morgan fingerprint density at radius 3 is 2.50 bits per heavy atom. The first-order chi connectivity index (χ1) is 8.38. The van der Waals surface area contributed by atoms with E-state index in [1.807, 2.05) is 19.9 Å². The first-order valence-electron chi connectivity index (χ1n) is 6.03. The average Bonchev–Trinajstić information content (AvgIpc) is 2.26. The Hall–Kier alpha value is -1.61. The van der Waals surface area contributed by atoms with E-state index in [4.69, 9.17) is 11.0 Å². The van der Waals surface area contributed by atoms with Crippen LogP contribution in [0, 0.1) is 17.2 Å². The van der Waals surface area contributed by atoms with Crippen LogP contribution >= 0.6 is 0 Å². The number of nitrogens with one attached hydrogen (secondary N) is 1. The summed E-state index contributed by atoms with van der Waals surface area (Å²) in [4.78, 5) is 22.7. The Bertz CT molecular complexity index is 323. The second-order valence-electron chi connectivity index (χ2n) is 4.66. The van der Waals surface area contributed by atoms with Gasteiger partial charge in [0.15, 0.2) is 0 Å². The van der Waals surface area contributed by atoms with E-state index in [1.54, 1.807) is 0 Å². The van der Waals surface area contributed by atoms with Crippen LogP contribution in [0.25, 0.3) is 0 Å². The third-order valence-electron chi connectivity index (χ3n) is 2.44. The number of carbonyl (C=O) groups excluding carboxylic acids is 2. The Morgan fingerprint density at radius 1 is 1.44 bits per heavy atom. The van der Waals surface area contributed by atoms with Gasteiger partial charge in [-0.3, -0.25) is 9.59 Å². The summed E-state index contributed by atoms with van der Waals surface area (Å²) in [5.74, 6) is -1.07. The number of rotatable bonds is 8. The maximum atomic E-state index is 11.6. The molecule has 4 N–H and O–H groups in total. The lowest BCUT2D eigenvalue weighted by Crippen LogP contribution is -2.48. The molecule has 0 unspecified atom stereocenters. The highest BCUT2D eigenvalue weighted by Crippen LogP contribution is 2.06. The van der Waals surface area contributed by atoms with Gasteiger partial charge in [0.05, 0.1) is 6.07 Å². The van der Waals surface area contributed by atoms with Crippen molar-refractivity contribution in [1.82, 2.24) is 5.32 Å². The Labute approximate surface area is 107 Å². The van der Waals surface area contributed by atoms with Crippen molar-refractivity contribution in [1.29, 1.82) is 5.26 Å². The van der Waals surface area contributed by atoms with Crippen LogP contribution < -0.4 is 11.1 Å². The van der Waals surface area contributed by atoms with E-state index in [-0.39, 0.29) is 5.92 Å². The number of hydrogen-bond donors (Lipinski definition) is 3. The van der Waals surface area contributed by atoms with Crippen molar-refractivity contribution < 1.29 is 14.7 Å². The van der Waals surface area contributed by atoms with Crippen LogP contribution in [0.4, 0.5) is 0 Å². The smallest absolute Gasteiger partial charge is 0.249 e. The summed E-state index contributed by atoms with van der Waals surface area (Å²) >= 11 is 0. The van der Waals surface area contributed by atoms with Gasteiger partial charge < -0.3 is 16.2 Å². The number of nitrogens with zero attached hydrogens (tertiary/aromatic N) is 1. The number of carbonyl (C=O) groups is 2. The van der Waals surface area contributed by atoms with Gasteiger partial charge in [0.1, 0.15) is 12.1 Å². The zero-order chi connectivity index (χ0) is 14.1. The molecular formula is C12H21N3O3. The summed E-state index contributed by atoms with van der Waals surface area (Å²) in [5.41, 5.74) is 5.15. The zero-order valence-corrected chi connectivity index (χ0v) is 10.8. The number of nitriles is 1. The molecule has 0 aliphatic rings. The molecule has 0 aromatic carbocycles. The third kappa shape index (κ3) is 6.86. The fraction of sp³-hybridized carbons (Fsp3) is 0.750. The van der Waals surface area contributed by atoms with Crippen LogP contribution in [0.5, 0.6) is 0 Å². The second-order valence-corrected chi connectivity index (χ2v) is 4.66. The largest absolute Gasteiger partial charge is 0.383 e. The molecule has 0 aromatic heterocycles. The van der Waals surface area contributed by atoms with Gasteiger partial charge in [0, 0.05) is 6.42 Å². The van der Waals surface area contributed by atoms with Crippen molar-refractivity contribution >= 4 is 11.8 Å². The molecule has 0 spiro atoms. The summed E-state index contributed by atoms with van der Waals surface area (Å²) in [6, 6.07) is 1.12. The van der Waals surface area contributed by atoms with Gasteiger partial charge in [-0.2, -0.15) is 5.26 Å². The van der Waals surface area contributed by atoms with Crippen molar-refractivity contribution in [3.8, 4) is 6.07 Å². The average molecular weight is 255 g/mol. The second kappa shape index (κ2) is 8.48. The van der Waals surface area contributed by atoms with Crippen molar-refractivity contribution in [2.45, 2.75) is 51.7 Å². The maximum Gasteiger partial charge on any atom is 0.249 e.